The maximum atomic E-state index is 13.0. The first-order chi connectivity index (χ1) is 35.5. The number of allylic oxidation sites excluding steroid dienone is 2. The summed E-state index contributed by atoms with van der Waals surface area (Å²) < 4.78 is 33.6. The van der Waals surface area contributed by atoms with Crippen molar-refractivity contribution in [3.8, 4) is 0 Å². The van der Waals surface area contributed by atoms with Gasteiger partial charge in [0.25, 0.3) is 0 Å². The summed E-state index contributed by atoms with van der Waals surface area (Å²) in [6.07, 6.45) is 31.1. The Morgan fingerprint density at radius 2 is 0.808 bits per heavy atom. The smallest absolute Gasteiger partial charge is 0.306 e. The normalized spacial score (nSPS) is 24.8. The summed E-state index contributed by atoms with van der Waals surface area (Å²) in [5, 5.41) is 72.2. The Labute approximate surface area is 441 Å². The van der Waals surface area contributed by atoms with Gasteiger partial charge in [0, 0.05) is 12.8 Å². The van der Waals surface area contributed by atoms with Crippen LogP contribution in [0.1, 0.15) is 251 Å². The fraction of sp³-hybridized carbons (Fsp3) is 0.931. The number of rotatable bonds is 48. The molecule has 0 saturated carbocycles. The topological polar surface area (TPSA) is 231 Å². The summed E-state index contributed by atoms with van der Waals surface area (Å²) in [7, 11) is 0. The average molecular weight is 1050 g/mol. The molecule has 0 amide bonds. The van der Waals surface area contributed by atoms with E-state index < -0.39 is 99.3 Å². The van der Waals surface area contributed by atoms with Gasteiger partial charge in [-0.2, -0.15) is 0 Å². The summed E-state index contributed by atoms with van der Waals surface area (Å²) >= 11 is 0. The number of aliphatic hydroxyl groups excluding tert-OH is 7. The second-order valence-electron chi connectivity index (χ2n) is 21.2. The molecule has 15 heteroatoms. The lowest BCUT2D eigenvalue weighted by molar-refractivity contribution is -0.332. The van der Waals surface area contributed by atoms with Gasteiger partial charge in [-0.15, -0.1) is 0 Å². The molecule has 4 unspecified atom stereocenters. The van der Waals surface area contributed by atoms with E-state index in [1.54, 1.807) is 0 Å². The van der Waals surface area contributed by atoms with Crippen molar-refractivity contribution in [3.05, 3.63) is 12.2 Å². The van der Waals surface area contributed by atoms with Gasteiger partial charge in [-0.3, -0.25) is 9.59 Å². The fourth-order valence-electron chi connectivity index (χ4n) is 9.65. The van der Waals surface area contributed by atoms with Gasteiger partial charge in [-0.05, 0) is 25.7 Å². The largest absolute Gasteiger partial charge is 0.462 e. The van der Waals surface area contributed by atoms with E-state index in [1.165, 1.54) is 180 Å². The molecule has 0 bridgehead atoms. The summed E-state index contributed by atoms with van der Waals surface area (Å²) in [6, 6.07) is 0. The molecule has 0 spiro atoms. The van der Waals surface area contributed by atoms with Crippen LogP contribution < -0.4 is 0 Å². The molecule has 0 aromatic heterocycles. The molecule has 7 N–H and O–H groups in total. The van der Waals surface area contributed by atoms with Gasteiger partial charge in [0.2, 0.25) is 0 Å². The molecule has 0 radical (unpaired) electrons. The van der Waals surface area contributed by atoms with Gasteiger partial charge < -0.3 is 64.2 Å². The lowest BCUT2D eigenvalue weighted by Crippen LogP contribution is -2.61. The number of esters is 2. The molecule has 15 nitrogen and oxygen atoms in total. The van der Waals surface area contributed by atoms with Crippen LogP contribution >= 0.6 is 0 Å². The van der Waals surface area contributed by atoms with Crippen molar-refractivity contribution in [3.63, 3.8) is 0 Å². The average Bonchev–Trinajstić information content (AvgIpc) is 3.38. The quantitative estimate of drug-likeness (QED) is 0.0171. The first kappa shape index (κ1) is 67.3. The van der Waals surface area contributed by atoms with Crippen LogP contribution in [0.4, 0.5) is 0 Å². The molecule has 11 atom stereocenters. The zero-order chi connectivity index (χ0) is 53.2. The molecule has 2 heterocycles. The summed E-state index contributed by atoms with van der Waals surface area (Å²) in [4.78, 5) is 25.9. The van der Waals surface area contributed by atoms with Crippen molar-refractivity contribution in [1.82, 2.24) is 0 Å². The number of hydrogen-bond donors (Lipinski definition) is 7. The van der Waals surface area contributed by atoms with Crippen LogP contribution in [0, 0.1) is 0 Å². The fourth-order valence-corrected chi connectivity index (χ4v) is 9.65. The van der Waals surface area contributed by atoms with Crippen molar-refractivity contribution < 1.29 is 73.8 Å². The summed E-state index contributed by atoms with van der Waals surface area (Å²) in [5.74, 6) is -0.965. The van der Waals surface area contributed by atoms with Crippen molar-refractivity contribution in [1.29, 1.82) is 0 Å². The molecule has 430 valence electrons. The van der Waals surface area contributed by atoms with E-state index in [9.17, 15) is 45.3 Å². The van der Waals surface area contributed by atoms with Crippen molar-refractivity contribution in [2.75, 3.05) is 26.4 Å². The van der Waals surface area contributed by atoms with Gasteiger partial charge in [0.15, 0.2) is 18.7 Å². The Hall–Kier alpha value is -1.76. The molecule has 0 aromatic carbocycles. The maximum absolute atomic E-state index is 13.0. The Bertz CT molecular complexity index is 1320. The third-order valence-electron chi connectivity index (χ3n) is 14.5. The molecule has 2 saturated heterocycles. The predicted molar refractivity (Wildman–Crippen MR) is 285 cm³/mol. The van der Waals surface area contributed by atoms with E-state index in [0.717, 1.165) is 32.1 Å². The molecular weight excluding hydrogens is 937 g/mol. The Balaban J connectivity index is 1.73. The van der Waals surface area contributed by atoms with E-state index in [1.807, 2.05) is 6.08 Å². The van der Waals surface area contributed by atoms with E-state index >= 15 is 0 Å². The molecule has 2 aliphatic rings. The SMILES string of the molecule is CCCCCCCCCCCCC/C=C/CCC(=O)O[C@@H](COC(=O)CCCCCCCCCCCCCCCCCCCCCCCC)CO[C@@H]1O[C@H](CO[C@@H]2O[C@H](CO)[C@H](O)C(O)C2O)[C@H](O)C(O)C1O. The Morgan fingerprint density at radius 3 is 1.26 bits per heavy atom. The van der Waals surface area contributed by atoms with Crippen LogP contribution in [0.5, 0.6) is 0 Å². The lowest BCUT2D eigenvalue weighted by atomic mass is 9.98. The van der Waals surface area contributed by atoms with Gasteiger partial charge in [0.05, 0.1) is 19.8 Å². The van der Waals surface area contributed by atoms with Crippen LogP contribution in [-0.2, 0) is 38.0 Å². The van der Waals surface area contributed by atoms with Gasteiger partial charge in [0.1, 0.15) is 55.4 Å². The Morgan fingerprint density at radius 1 is 0.425 bits per heavy atom. The van der Waals surface area contributed by atoms with E-state index in [2.05, 4.69) is 19.9 Å². The number of aliphatic hydroxyl groups is 7. The van der Waals surface area contributed by atoms with Crippen molar-refractivity contribution in [2.24, 2.45) is 0 Å². The minimum absolute atomic E-state index is 0.0868. The third kappa shape index (κ3) is 32.6. The summed E-state index contributed by atoms with van der Waals surface area (Å²) in [6.45, 7) is 2.61. The highest BCUT2D eigenvalue weighted by Gasteiger charge is 2.47. The zero-order valence-electron chi connectivity index (χ0n) is 45.9. The zero-order valence-corrected chi connectivity index (χ0v) is 45.9. The van der Waals surface area contributed by atoms with Crippen LogP contribution in [0.25, 0.3) is 0 Å². The molecule has 0 aliphatic carbocycles. The standard InChI is InChI=1S/C58H108O15/c1-3-5-7-9-11-13-15-17-19-20-21-22-23-24-25-27-28-30-32-34-36-38-40-49(60)68-43-46(71-50(61)41-39-37-35-33-31-29-26-18-16-14-12-10-8-6-4-2)44-69-57-56(67)54(65)52(63)48(73-57)45-70-58-55(66)53(64)51(62)47(42-59)72-58/h35,37,46-48,51-59,62-67H,3-34,36,38-45H2,1-2H3/b37-35+/t46-,47+,48+,51-,52-,53?,54?,55?,56?,57+,58+/m0/s1. The number of carbonyl (C=O) groups excluding carboxylic acids is 2. The molecule has 0 aromatic rings. The molecule has 2 aliphatic heterocycles. The van der Waals surface area contributed by atoms with Gasteiger partial charge >= 0.3 is 11.9 Å². The number of unbranched alkanes of at least 4 members (excludes halogenated alkanes) is 32. The van der Waals surface area contributed by atoms with Crippen molar-refractivity contribution >= 4 is 11.9 Å². The number of hydrogen-bond acceptors (Lipinski definition) is 15. The van der Waals surface area contributed by atoms with Gasteiger partial charge in [-0.25, -0.2) is 0 Å². The number of carbonyl (C=O) groups is 2. The first-order valence-corrected chi connectivity index (χ1v) is 29.8. The highest BCUT2D eigenvalue weighted by Crippen LogP contribution is 2.27. The number of ether oxygens (including phenoxy) is 6. The van der Waals surface area contributed by atoms with Crippen molar-refractivity contribution in [2.45, 2.75) is 319 Å². The van der Waals surface area contributed by atoms with Crippen LogP contribution in [-0.4, -0.2) is 142 Å². The van der Waals surface area contributed by atoms with Gasteiger partial charge in [-0.1, -0.05) is 225 Å². The highest BCUT2D eigenvalue weighted by atomic mass is 16.7. The van der Waals surface area contributed by atoms with E-state index in [-0.39, 0.29) is 19.4 Å². The molecule has 73 heavy (non-hydrogen) atoms. The summed E-state index contributed by atoms with van der Waals surface area (Å²) in [5.41, 5.74) is 0. The Kier molecular flexibility index (Phi) is 41.8. The third-order valence-corrected chi connectivity index (χ3v) is 14.5. The molecule has 2 rings (SSSR count). The minimum atomic E-state index is -1.77. The molecular formula is C58H108O15. The highest BCUT2D eigenvalue weighted by molar-refractivity contribution is 5.70. The van der Waals surface area contributed by atoms with Crippen LogP contribution in [0.3, 0.4) is 0 Å². The molecule has 2 fully saturated rings. The second kappa shape index (κ2) is 45.3. The van der Waals surface area contributed by atoms with E-state index in [0.29, 0.717) is 12.8 Å². The minimum Gasteiger partial charge on any atom is -0.462 e. The van der Waals surface area contributed by atoms with Crippen LogP contribution in [0.15, 0.2) is 12.2 Å². The predicted octanol–water partition coefficient (Wildman–Crippen LogP) is 10.1. The van der Waals surface area contributed by atoms with Crippen LogP contribution in [0.2, 0.25) is 0 Å². The first-order valence-electron chi connectivity index (χ1n) is 29.8. The van der Waals surface area contributed by atoms with E-state index in [4.69, 9.17) is 28.4 Å². The lowest BCUT2D eigenvalue weighted by Gasteiger charge is -2.42. The monoisotopic (exact) mass is 1040 g/mol. The second-order valence-corrected chi connectivity index (χ2v) is 21.2. The maximum Gasteiger partial charge on any atom is 0.306 e.